The fraction of sp³-hybridized carbons (Fsp3) is 0.125. The number of hydrogen-bond acceptors (Lipinski definition) is 6. The van der Waals surface area contributed by atoms with E-state index in [1.807, 2.05) is 0 Å². The lowest BCUT2D eigenvalue weighted by molar-refractivity contribution is -0.384. The number of nitrogens with zero attached hydrogens (tertiary/aromatic N) is 1. The Morgan fingerprint density at radius 1 is 1.31 bits per heavy atom. The Morgan fingerprint density at radius 2 is 2.00 bits per heavy atom. The topological polar surface area (TPSA) is 125 Å². The molecule has 10 heteroatoms. The van der Waals surface area contributed by atoms with Crippen LogP contribution in [0.15, 0.2) is 36.4 Å². The molecule has 0 radical (unpaired) electrons. The Hall–Kier alpha value is -3.20. The van der Waals surface area contributed by atoms with Gasteiger partial charge in [0, 0.05) is 12.1 Å². The summed E-state index contributed by atoms with van der Waals surface area (Å²) in [4.78, 5) is 34.2. The average Bonchev–Trinajstić information content (AvgIpc) is 2.56. The van der Waals surface area contributed by atoms with Crippen molar-refractivity contribution in [2.24, 2.45) is 0 Å². The Balaban J connectivity index is 2.06. The maximum Gasteiger partial charge on any atom is 0.341 e. The number of nitrogens with one attached hydrogen (secondary N) is 1. The van der Waals surface area contributed by atoms with E-state index in [1.54, 1.807) is 0 Å². The van der Waals surface area contributed by atoms with Crippen LogP contribution in [0.3, 0.4) is 0 Å². The maximum absolute atomic E-state index is 13.0. The smallest absolute Gasteiger partial charge is 0.341 e. The number of nitrogen functional groups attached to an aromatic ring is 1. The minimum atomic E-state index is -1.22. The summed E-state index contributed by atoms with van der Waals surface area (Å²) in [5.41, 5.74) is 5.21. The van der Waals surface area contributed by atoms with Gasteiger partial charge in [-0.05, 0) is 31.2 Å². The number of anilines is 2. The van der Waals surface area contributed by atoms with Crippen molar-refractivity contribution >= 4 is 40.5 Å². The maximum atomic E-state index is 13.0. The van der Waals surface area contributed by atoms with Crippen molar-refractivity contribution in [3.05, 3.63) is 62.9 Å². The molecule has 1 amide bonds. The van der Waals surface area contributed by atoms with E-state index >= 15 is 0 Å². The molecule has 8 nitrogen and oxygen atoms in total. The summed E-state index contributed by atoms with van der Waals surface area (Å²) >= 11 is 5.81. The lowest BCUT2D eigenvalue weighted by Gasteiger charge is -2.15. The van der Waals surface area contributed by atoms with E-state index in [2.05, 4.69) is 5.32 Å². The molecule has 2 aromatic rings. The number of nitro benzene ring substituents is 1. The van der Waals surface area contributed by atoms with Gasteiger partial charge in [0.1, 0.15) is 5.82 Å². The number of nitro groups is 1. The second-order valence-electron chi connectivity index (χ2n) is 5.19. The largest absolute Gasteiger partial charge is 0.449 e. The van der Waals surface area contributed by atoms with Crippen molar-refractivity contribution in [3.63, 3.8) is 0 Å². The van der Waals surface area contributed by atoms with E-state index in [0.29, 0.717) is 0 Å². The number of non-ortho nitro benzene ring substituents is 1. The number of hydrogen-bond donors (Lipinski definition) is 2. The molecule has 0 fully saturated rings. The highest BCUT2D eigenvalue weighted by molar-refractivity contribution is 6.33. The molecule has 3 N–H and O–H groups in total. The number of carbonyl (C=O) groups is 2. The molecule has 0 aromatic heterocycles. The second-order valence-corrected chi connectivity index (χ2v) is 5.60. The predicted molar refractivity (Wildman–Crippen MR) is 92.4 cm³/mol. The van der Waals surface area contributed by atoms with Gasteiger partial charge in [0.05, 0.1) is 26.9 Å². The van der Waals surface area contributed by atoms with Crippen LogP contribution < -0.4 is 11.1 Å². The molecule has 0 saturated heterocycles. The molecule has 0 aliphatic rings. The van der Waals surface area contributed by atoms with Crippen LogP contribution >= 0.6 is 11.6 Å². The van der Waals surface area contributed by atoms with Gasteiger partial charge in [0.2, 0.25) is 0 Å². The third kappa shape index (κ3) is 4.45. The molecule has 1 atom stereocenters. The zero-order chi connectivity index (χ0) is 19.4. The van der Waals surface area contributed by atoms with Crippen LogP contribution in [0.5, 0.6) is 0 Å². The Bertz CT molecular complexity index is 890. The highest BCUT2D eigenvalue weighted by Crippen LogP contribution is 2.23. The minimum absolute atomic E-state index is 0.0171. The average molecular weight is 382 g/mol. The van der Waals surface area contributed by atoms with Crippen LogP contribution in [0.4, 0.5) is 21.5 Å². The first-order valence-electron chi connectivity index (χ1n) is 7.20. The summed E-state index contributed by atoms with van der Waals surface area (Å²) in [6.07, 6.45) is -1.22. The zero-order valence-corrected chi connectivity index (χ0v) is 14.1. The standard InChI is InChI=1S/C16H13ClFN3O5/c1-8(15(22)20-14-5-2-9(18)6-12(14)17)26-16(23)11-4-3-10(21(24)25)7-13(11)19/h2-8H,19H2,1H3,(H,20,22)/t8-/m1/s1. The number of amides is 1. The Morgan fingerprint density at radius 3 is 2.58 bits per heavy atom. The fourth-order valence-corrected chi connectivity index (χ4v) is 2.17. The van der Waals surface area contributed by atoms with Gasteiger partial charge in [-0.3, -0.25) is 14.9 Å². The molecule has 26 heavy (non-hydrogen) atoms. The minimum Gasteiger partial charge on any atom is -0.449 e. The SMILES string of the molecule is C[C@@H](OC(=O)c1ccc([N+](=O)[O-])cc1N)C(=O)Nc1ccc(F)cc1Cl. The van der Waals surface area contributed by atoms with Crippen LogP contribution in [0.25, 0.3) is 0 Å². The lowest BCUT2D eigenvalue weighted by Crippen LogP contribution is -2.30. The molecule has 0 bridgehead atoms. The van der Waals surface area contributed by atoms with E-state index in [9.17, 15) is 24.1 Å². The van der Waals surface area contributed by atoms with Gasteiger partial charge < -0.3 is 15.8 Å². The number of halogens is 2. The summed E-state index contributed by atoms with van der Waals surface area (Å²) < 4.78 is 18.0. The summed E-state index contributed by atoms with van der Waals surface area (Å²) in [6.45, 7) is 1.31. The molecule has 2 rings (SSSR count). The summed E-state index contributed by atoms with van der Waals surface area (Å²) in [5.74, 6) is -2.20. The first-order valence-corrected chi connectivity index (χ1v) is 7.57. The molecule has 0 unspecified atom stereocenters. The molecular weight excluding hydrogens is 369 g/mol. The highest BCUT2D eigenvalue weighted by Gasteiger charge is 2.22. The van der Waals surface area contributed by atoms with Gasteiger partial charge in [0.25, 0.3) is 11.6 Å². The molecule has 0 aliphatic heterocycles. The molecule has 0 aliphatic carbocycles. The van der Waals surface area contributed by atoms with Gasteiger partial charge in [-0.2, -0.15) is 0 Å². The third-order valence-electron chi connectivity index (χ3n) is 3.31. The van der Waals surface area contributed by atoms with Crippen molar-refractivity contribution in [2.75, 3.05) is 11.1 Å². The van der Waals surface area contributed by atoms with Crippen LogP contribution in [-0.2, 0) is 9.53 Å². The van der Waals surface area contributed by atoms with Crippen molar-refractivity contribution < 1.29 is 23.6 Å². The number of carbonyl (C=O) groups excluding carboxylic acids is 2. The van der Waals surface area contributed by atoms with Crippen molar-refractivity contribution in [1.82, 2.24) is 0 Å². The summed E-state index contributed by atoms with van der Waals surface area (Å²) in [6, 6.07) is 6.63. The molecular formula is C16H13ClFN3O5. The van der Waals surface area contributed by atoms with Gasteiger partial charge >= 0.3 is 5.97 Å². The first-order chi connectivity index (χ1) is 12.2. The molecule has 0 saturated carbocycles. The van der Waals surface area contributed by atoms with Crippen LogP contribution in [-0.4, -0.2) is 22.9 Å². The zero-order valence-electron chi connectivity index (χ0n) is 13.4. The summed E-state index contributed by atoms with van der Waals surface area (Å²) in [5, 5.41) is 13.1. The number of nitrogens with two attached hydrogens (primary N) is 1. The number of rotatable bonds is 5. The van der Waals surface area contributed by atoms with Gasteiger partial charge in [-0.1, -0.05) is 11.6 Å². The molecule has 0 spiro atoms. The Kier molecular flexibility index (Phi) is 5.73. The van der Waals surface area contributed by atoms with Crippen LogP contribution in [0.2, 0.25) is 5.02 Å². The predicted octanol–water partition coefficient (Wildman–Crippen LogP) is 3.15. The van der Waals surface area contributed by atoms with Crippen molar-refractivity contribution in [2.45, 2.75) is 13.0 Å². The molecule has 136 valence electrons. The highest BCUT2D eigenvalue weighted by atomic mass is 35.5. The number of benzene rings is 2. The van der Waals surface area contributed by atoms with E-state index in [1.165, 1.54) is 13.0 Å². The first kappa shape index (κ1) is 19.1. The van der Waals surface area contributed by atoms with Crippen molar-refractivity contribution in [1.29, 1.82) is 0 Å². The third-order valence-corrected chi connectivity index (χ3v) is 3.62. The fourth-order valence-electron chi connectivity index (χ4n) is 1.95. The van der Waals surface area contributed by atoms with Gasteiger partial charge in [0.15, 0.2) is 6.10 Å². The molecule has 2 aromatic carbocycles. The van der Waals surface area contributed by atoms with Crippen LogP contribution in [0, 0.1) is 15.9 Å². The van der Waals surface area contributed by atoms with Crippen molar-refractivity contribution in [3.8, 4) is 0 Å². The normalized spacial score (nSPS) is 11.5. The van der Waals surface area contributed by atoms with Gasteiger partial charge in [-0.15, -0.1) is 0 Å². The van der Waals surface area contributed by atoms with Gasteiger partial charge in [-0.25, -0.2) is 9.18 Å². The monoisotopic (exact) mass is 381 g/mol. The number of esters is 1. The summed E-state index contributed by atoms with van der Waals surface area (Å²) in [7, 11) is 0. The van der Waals surface area contributed by atoms with E-state index < -0.39 is 28.7 Å². The quantitative estimate of drug-likeness (QED) is 0.355. The van der Waals surface area contributed by atoms with E-state index in [0.717, 1.165) is 30.3 Å². The van der Waals surface area contributed by atoms with E-state index in [4.69, 9.17) is 22.1 Å². The lowest BCUT2D eigenvalue weighted by atomic mass is 10.1. The second kappa shape index (κ2) is 7.79. The Labute approximate surface area is 151 Å². The van der Waals surface area contributed by atoms with E-state index in [-0.39, 0.29) is 27.6 Å². The number of ether oxygens (including phenoxy) is 1. The molecule has 0 heterocycles. The van der Waals surface area contributed by atoms with Crippen LogP contribution in [0.1, 0.15) is 17.3 Å².